The van der Waals surface area contributed by atoms with Crippen molar-refractivity contribution in [2.45, 2.75) is 64.6 Å². The van der Waals surface area contributed by atoms with Crippen LogP contribution >= 0.6 is 0 Å². The number of carbonyl (C=O) groups excluding carboxylic acids is 1. The van der Waals surface area contributed by atoms with Gasteiger partial charge in [0.15, 0.2) is 0 Å². The highest BCUT2D eigenvalue weighted by molar-refractivity contribution is 5.89. The summed E-state index contributed by atoms with van der Waals surface area (Å²) >= 11 is 0. The van der Waals surface area contributed by atoms with Crippen LogP contribution in [0.25, 0.3) is 0 Å². The molecule has 2 aromatic rings. The molecule has 0 atom stereocenters. The monoisotopic (exact) mass is 341 g/mol. The summed E-state index contributed by atoms with van der Waals surface area (Å²) in [5.74, 6) is 0. The number of aromatic nitrogens is 3. The van der Waals surface area contributed by atoms with Gasteiger partial charge in [-0.2, -0.15) is 5.10 Å². The van der Waals surface area contributed by atoms with E-state index in [-0.39, 0.29) is 18.1 Å². The lowest BCUT2D eigenvalue weighted by Gasteiger charge is -2.34. The zero-order valence-electron chi connectivity index (χ0n) is 15.1. The van der Waals surface area contributed by atoms with E-state index < -0.39 is 0 Å². The number of nitrogens with one attached hydrogen (secondary N) is 1. The number of nitrogens with zero attached hydrogens (tertiary/aromatic N) is 4. The minimum Gasteiger partial charge on any atom is -0.316 e. The van der Waals surface area contributed by atoms with Crippen LogP contribution in [0.15, 0.2) is 36.8 Å². The van der Waals surface area contributed by atoms with Gasteiger partial charge in [-0.05, 0) is 38.8 Å². The number of rotatable bonds is 5. The highest BCUT2D eigenvalue weighted by Crippen LogP contribution is 2.24. The second-order valence-corrected chi connectivity index (χ2v) is 6.97. The lowest BCUT2D eigenvalue weighted by atomic mass is 9.94. The summed E-state index contributed by atoms with van der Waals surface area (Å²) in [7, 11) is 0. The standard InChI is InChI=1S/C19H27N5O/c1-15(2)24-14-17(12-21-24)22-19(25)23(18-9-4-3-5-10-18)13-16-8-6-7-11-20-16/h6-8,11-12,14-15,18H,3-5,9-10,13H2,1-2H3,(H,22,25). The van der Waals surface area contributed by atoms with Crippen LogP contribution in [0.1, 0.15) is 57.7 Å². The first-order chi connectivity index (χ1) is 12.1. The van der Waals surface area contributed by atoms with Gasteiger partial charge in [-0.3, -0.25) is 9.67 Å². The summed E-state index contributed by atoms with van der Waals surface area (Å²) in [6.07, 6.45) is 11.1. The molecule has 2 aromatic heterocycles. The predicted molar refractivity (Wildman–Crippen MR) is 98.3 cm³/mol. The average molecular weight is 341 g/mol. The number of anilines is 1. The summed E-state index contributed by atoms with van der Waals surface area (Å²) in [6, 6.07) is 6.31. The van der Waals surface area contributed by atoms with E-state index in [2.05, 4.69) is 29.2 Å². The van der Waals surface area contributed by atoms with E-state index in [0.29, 0.717) is 6.54 Å². The van der Waals surface area contributed by atoms with Crippen molar-refractivity contribution in [3.8, 4) is 0 Å². The molecule has 0 aromatic carbocycles. The maximum absolute atomic E-state index is 12.9. The van der Waals surface area contributed by atoms with Gasteiger partial charge >= 0.3 is 6.03 Å². The maximum Gasteiger partial charge on any atom is 0.322 e. The Bertz CT molecular complexity index is 676. The zero-order chi connectivity index (χ0) is 17.6. The molecule has 6 nitrogen and oxygen atoms in total. The lowest BCUT2D eigenvalue weighted by molar-refractivity contribution is 0.162. The van der Waals surface area contributed by atoms with E-state index >= 15 is 0 Å². The van der Waals surface area contributed by atoms with Crippen molar-refractivity contribution < 1.29 is 4.79 Å². The van der Waals surface area contributed by atoms with Gasteiger partial charge in [-0.1, -0.05) is 25.3 Å². The number of pyridine rings is 1. The molecule has 2 heterocycles. The normalized spacial score (nSPS) is 15.3. The first-order valence-electron chi connectivity index (χ1n) is 9.15. The van der Waals surface area contributed by atoms with E-state index in [1.807, 2.05) is 34.0 Å². The molecular weight excluding hydrogens is 314 g/mol. The van der Waals surface area contributed by atoms with Gasteiger partial charge in [0.1, 0.15) is 0 Å². The topological polar surface area (TPSA) is 63.1 Å². The van der Waals surface area contributed by atoms with Crippen molar-refractivity contribution in [1.29, 1.82) is 0 Å². The molecule has 3 rings (SSSR count). The summed E-state index contributed by atoms with van der Waals surface area (Å²) in [5.41, 5.74) is 1.65. The highest BCUT2D eigenvalue weighted by atomic mass is 16.2. The first-order valence-corrected chi connectivity index (χ1v) is 9.15. The molecule has 0 spiro atoms. The molecule has 1 fully saturated rings. The molecular formula is C19H27N5O. The van der Waals surface area contributed by atoms with E-state index in [0.717, 1.165) is 24.2 Å². The summed E-state index contributed by atoms with van der Waals surface area (Å²) in [4.78, 5) is 19.3. The molecule has 1 N–H and O–H groups in total. The summed E-state index contributed by atoms with van der Waals surface area (Å²) in [6.45, 7) is 4.66. The van der Waals surface area contributed by atoms with Gasteiger partial charge in [-0.25, -0.2) is 4.79 Å². The number of urea groups is 1. The molecule has 6 heteroatoms. The molecule has 25 heavy (non-hydrogen) atoms. The average Bonchev–Trinajstić information content (AvgIpc) is 3.10. The Balaban J connectivity index is 1.73. The fourth-order valence-corrected chi connectivity index (χ4v) is 3.31. The molecule has 1 aliphatic carbocycles. The molecule has 0 radical (unpaired) electrons. The van der Waals surface area contributed by atoms with Crippen LogP contribution in [0, 0.1) is 0 Å². The number of amides is 2. The quantitative estimate of drug-likeness (QED) is 0.885. The van der Waals surface area contributed by atoms with Crippen molar-refractivity contribution >= 4 is 11.7 Å². The van der Waals surface area contributed by atoms with Crippen LogP contribution in [0.4, 0.5) is 10.5 Å². The molecule has 2 amide bonds. The van der Waals surface area contributed by atoms with Crippen LogP contribution in [0.3, 0.4) is 0 Å². The molecule has 0 saturated heterocycles. The third-order valence-corrected chi connectivity index (χ3v) is 4.72. The second-order valence-electron chi connectivity index (χ2n) is 6.97. The van der Waals surface area contributed by atoms with Gasteiger partial charge in [-0.15, -0.1) is 0 Å². The number of hydrogen-bond donors (Lipinski definition) is 1. The molecule has 1 saturated carbocycles. The van der Waals surface area contributed by atoms with E-state index in [9.17, 15) is 4.79 Å². The minimum absolute atomic E-state index is 0.0686. The third-order valence-electron chi connectivity index (χ3n) is 4.72. The minimum atomic E-state index is -0.0686. The predicted octanol–water partition coefficient (Wildman–Crippen LogP) is 4.23. The van der Waals surface area contributed by atoms with Crippen LogP contribution in [0.5, 0.6) is 0 Å². The van der Waals surface area contributed by atoms with E-state index in [4.69, 9.17) is 0 Å². The second kappa shape index (κ2) is 8.14. The molecule has 1 aliphatic rings. The summed E-state index contributed by atoms with van der Waals surface area (Å²) in [5, 5.41) is 7.31. The van der Waals surface area contributed by atoms with Gasteiger partial charge < -0.3 is 10.2 Å². The van der Waals surface area contributed by atoms with Crippen molar-refractivity contribution in [2.75, 3.05) is 5.32 Å². The van der Waals surface area contributed by atoms with Crippen molar-refractivity contribution in [2.24, 2.45) is 0 Å². The Morgan fingerprint density at radius 2 is 2.12 bits per heavy atom. The van der Waals surface area contributed by atoms with Gasteiger partial charge in [0, 0.05) is 24.5 Å². The Labute approximate surface area is 149 Å². The maximum atomic E-state index is 12.9. The Kier molecular flexibility index (Phi) is 5.68. The van der Waals surface area contributed by atoms with Gasteiger partial charge in [0.05, 0.1) is 24.1 Å². The van der Waals surface area contributed by atoms with Crippen LogP contribution in [-0.2, 0) is 6.54 Å². The Hall–Kier alpha value is -2.37. The van der Waals surface area contributed by atoms with Crippen LogP contribution in [0.2, 0.25) is 0 Å². The lowest BCUT2D eigenvalue weighted by Crippen LogP contribution is -2.43. The zero-order valence-corrected chi connectivity index (χ0v) is 15.1. The smallest absolute Gasteiger partial charge is 0.316 e. The van der Waals surface area contributed by atoms with Crippen molar-refractivity contribution in [3.63, 3.8) is 0 Å². The molecule has 0 unspecified atom stereocenters. The first kappa shape index (κ1) is 17.5. The molecule has 0 aliphatic heterocycles. The molecule has 0 bridgehead atoms. The fraction of sp³-hybridized carbons (Fsp3) is 0.526. The van der Waals surface area contributed by atoms with Crippen molar-refractivity contribution in [3.05, 3.63) is 42.5 Å². The highest BCUT2D eigenvalue weighted by Gasteiger charge is 2.26. The third kappa shape index (κ3) is 4.59. The Morgan fingerprint density at radius 3 is 2.76 bits per heavy atom. The van der Waals surface area contributed by atoms with Gasteiger partial charge in [0.2, 0.25) is 0 Å². The van der Waals surface area contributed by atoms with Crippen molar-refractivity contribution in [1.82, 2.24) is 19.7 Å². The Morgan fingerprint density at radius 1 is 1.32 bits per heavy atom. The summed E-state index contributed by atoms with van der Waals surface area (Å²) < 4.78 is 1.85. The van der Waals surface area contributed by atoms with E-state index in [1.54, 1.807) is 12.4 Å². The SMILES string of the molecule is CC(C)n1cc(NC(=O)N(Cc2ccccn2)C2CCCCC2)cn1. The van der Waals surface area contributed by atoms with Gasteiger partial charge in [0.25, 0.3) is 0 Å². The number of carbonyl (C=O) groups is 1. The molecule has 134 valence electrons. The fourth-order valence-electron chi connectivity index (χ4n) is 3.31. The largest absolute Gasteiger partial charge is 0.322 e. The van der Waals surface area contributed by atoms with Crippen LogP contribution in [-0.4, -0.2) is 31.7 Å². The van der Waals surface area contributed by atoms with Crippen LogP contribution < -0.4 is 5.32 Å². The number of hydrogen-bond acceptors (Lipinski definition) is 3. The van der Waals surface area contributed by atoms with E-state index in [1.165, 1.54) is 19.3 Å².